The molecule has 0 fully saturated rings. The molecule has 0 aromatic carbocycles. The Bertz CT molecular complexity index is 566. The summed E-state index contributed by atoms with van der Waals surface area (Å²) in [6, 6.07) is 0. The van der Waals surface area contributed by atoms with E-state index >= 15 is 0 Å². The highest BCUT2D eigenvalue weighted by molar-refractivity contribution is 9.11. The van der Waals surface area contributed by atoms with Gasteiger partial charge < -0.3 is 0 Å². The standard InChI is InChI=1S/C17H15BrO.C2H6/c18-16-9-5-6-14(10-12-16)11-13-17(19)15-7-3-1-2-4-8-15;1-2/h1-3,5,7-13H,4,6H2;1-2H3/b13-11+;. The molecule has 0 aromatic heterocycles. The quantitative estimate of drug-likeness (QED) is 0.596. The lowest BCUT2D eigenvalue weighted by Gasteiger charge is -1.97. The lowest BCUT2D eigenvalue weighted by Crippen LogP contribution is -1.95. The number of rotatable bonds is 3. The molecule has 0 radical (unpaired) electrons. The van der Waals surface area contributed by atoms with Crippen molar-refractivity contribution < 1.29 is 4.79 Å². The van der Waals surface area contributed by atoms with Gasteiger partial charge in [0.05, 0.1) is 0 Å². The second kappa shape index (κ2) is 10.1. The van der Waals surface area contributed by atoms with Crippen molar-refractivity contribution >= 4 is 21.7 Å². The highest BCUT2D eigenvalue weighted by atomic mass is 79.9. The minimum Gasteiger partial charge on any atom is -0.289 e. The van der Waals surface area contributed by atoms with E-state index in [-0.39, 0.29) is 5.78 Å². The van der Waals surface area contributed by atoms with Gasteiger partial charge in [0.2, 0.25) is 0 Å². The second-order valence-corrected chi connectivity index (χ2v) is 5.20. The third-order valence-electron chi connectivity index (χ3n) is 2.82. The molecule has 0 heterocycles. The van der Waals surface area contributed by atoms with Gasteiger partial charge >= 0.3 is 0 Å². The van der Waals surface area contributed by atoms with Crippen LogP contribution in [0.2, 0.25) is 0 Å². The summed E-state index contributed by atoms with van der Waals surface area (Å²) in [5.41, 5.74) is 1.87. The van der Waals surface area contributed by atoms with Gasteiger partial charge in [-0.3, -0.25) is 4.79 Å². The molecule has 21 heavy (non-hydrogen) atoms. The molecule has 2 rings (SSSR count). The van der Waals surface area contributed by atoms with E-state index in [2.05, 4.69) is 22.0 Å². The lowest BCUT2D eigenvalue weighted by molar-refractivity contribution is -0.111. The molecule has 0 saturated heterocycles. The molecule has 110 valence electrons. The number of hydrogen-bond donors (Lipinski definition) is 0. The van der Waals surface area contributed by atoms with Crippen LogP contribution in [-0.4, -0.2) is 5.78 Å². The number of hydrogen-bond acceptors (Lipinski definition) is 1. The molecule has 0 aromatic rings. The zero-order valence-electron chi connectivity index (χ0n) is 12.6. The lowest BCUT2D eigenvalue weighted by atomic mass is 10.1. The van der Waals surface area contributed by atoms with Crippen LogP contribution in [-0.2, 0) is 4.79 Å². The van der Waals surface area contributed by atoms with Gasteiger partial charge in [-0.2, -0.15) is 0 Å². The van der Waals surface area contributed by atoms with Crippen LogP contribution in [0, 0.1) is 0 Å². The molecule has 0 amide bonds. The maximum atomic E-state index is 12.0. The van der Waals surface area contributed by atoms with E-state index < -0.39 is 0 Å². The number of halogens is 1. The van der Waals surface area contributed by atoms with E-state index in [1.165, 1.54) is 0 Å². The van der Waals surface area contributed by atoms with Gasteiger partial charge in [-0.05, 0) is 30.6 Å². The van der Waals surface area contributed by atoms with Crippen LogP contribution in [0.25, 0.3) is 0 Å². The van der Waals surface area contributed by atoms with Crippen LogP contribution >= 0.6 is 15.9 Å². The van der Waals surface area contributed by atoms with Crippen molar-refractivity contribution in [2.24, 2.45) is 0 Å². The van der Waals surface area contributed by atoms with Crippen LogP contribution in [0.3, 0.4) is 0 Å². The van der Waals surface area contributed by atoms with Gasteiger partial charge in [-0.15, -0.1) is 0 Å². The molecular formula is C19H21BrO. The van der Waals surface area contributed by atoms with Gasteiger partial charge in [0.25, 0.3) is 0 Å². The highest BCUT2D eigenvalue weighted by Crippen LogP contribution is 2.16. The van der Waals surface area contributed by atoms with Gasteiger partial charge in [-0.25, -0.2) is 0 Å². The fourth-order valence-electron chi connectivity index (χ4n) is 1.78. The van der Waals surface area contributed by atoms with Crippen LogP contribution in [0.1, 0.15) is 26.7 Å². The van der Waals surface area contributed by atoms with Crippen molar-refractivity contribution in [3.8, 4) is 0 Å². The Kier molecular flexibility index (Phi) is 8.37. The maximum Gasteiger partial charge on any atom is 0.185 e. The molecule has 0 spiro atoms. The van der Waals surface area contributed by atoms with Crippen molar-refractivity contribution in [1.29, 1.82) is 0 Å². The summed E-state index contributed by atoms with van der Waals surface area (Å²) in [5, 5.41) is 0. The van der Waals surface area contributed by atoms with E-state index in [4.69, 9.17) is 0 Å². The van der Waals surface area contributed by atoms with Gasteiger partial charge in [0, 0.05) is 10.1 Å². The minimum absolute atomic E-state index is 0.0529. The summed E-state index contributed by atoms with van der Waals surface area (Å²) >= 11 is 3.43. The van der Waals surface area contributed by atoms with Crippen molar-refractivity contribution in [2.75, 3.05) is 0 Å². The number of carbonyl (C=O) groups is 1. The Balaban J connectivity index is 0.00000106. The van der Waals surface area contributed by atoms with E-state index in [0.29, 0.717) is 0 Å². The number of ketones is 1. The molecule has 0 bridgehead atoms. The van der Waals surface area contributed by atoms with Crippen molar-refractivity contribution in [3.63, 3.8) is 0 Å². The largest absolute Gasteiger partial charge is 0.289 e. The highest BCUT2D eigenvalue weighted by Gasteiger charge is 2.03. The fraction of sp³-hybridized carbons (Fsp3) is 0.211. The Hall–Kier alpha value is -1.67. The number of allylic oxidation sites excluding steroid dienone is 14. The Labute approximate surface area is 136 Å². The van der Waals surface area contributed by atoms with E-state index in [0.717, 1.165) is 28.5 Å². The first-order valence-corrected chi connectivity index (χ1v) is 8.04. The SMILES string of the molecule is CC.O=C(/C=C/C1=CC=C(Br)C=CC1)C1=CCC=CC=C1. The first kappa shape index (κ1) is 17.4. The van der Waals surface area contributed by atoms with E-state index in [9.17, 15) is 4.79 Å². The monoisotopic (exact) mass is 344 g/mol. The molecule has 0 N–H and O–H groups in total. The summed E-state index contributed by atoms with van der Waals surface area (Å²) in [6.07, 6.45) is 23.0. The first-order chi connectivity index (χ1) is 10.3. The molecule has 2 aliphatic carbocycles. The summed E-state index contributed by atoms with van der Waals surface area (Å²) in [5.74, 6) is 0.0529. The predicted octanol–water partition coefficient (Wildman–Crippen LogP) is 5.75. The maximum absolute atomic E-state index is 12.0. The van der Waals surface area contributed by atoms with Crippen molar-refractivity contribution in [2.45, 2.75) is 26.7 Å². The molecule has 0 saturated carbocycles. The van der Waals surface area contributed by atoms with E-state index in [1.807, 2.05) is 68.5 Å². The summed E-state index contributed by atoms with van der Waals surface area (Å²) in [4.78, 5) is 12.0. The normalized spacial score (nSPS) is 17.2. The fourth-order valence-corrected chi connectivity index (χ4v) is 2.10. The van der Waals surface area contributed by atoms with Gasteiger partial charge in [0.1, 0.15) is 0 Å². The molecule has 2 aliphatic rings. The predicted molar refractivity (Wildman–Crippen MR) is 95.3 cm³/mol. The van der Waals surface area contributed by atoms with Gasteiger partial charge in [-0.1, -0.05) is 84.5 Å². The number of carbonyl (C=O) groups excluding carboxylic acids is 1. The van der Waals surface area contributed by atoms with Crippen molar-refractivity contribution in [1.82, 2.24) is 0 Å². The Morgan fingerprint density at radius 1 is 1.14 bits per heavy atom. The molecule has 0 aliphatic heterocycles. The molecule has 0 atom stereocenters. The van der Waals surface area contributed by atoms with Crippen LogP contribution in [0.5, 0.6) is 0 Å². The smallest absolute Gasteiger partial charge is 0.185 e. The Morgan fingerprint density at radius 2 is 1.95 bits per heavy atom. The zero-order chi connectivity index (χ0) is 15.5. The zero-order valence-corrected chi connectivity index (χ0v) is 14.1. The molecule has 2 heteroatoms. The van der Waals surface area contributed by atoms with Gasteiger partial charge in [0.15, 0.2) is 5.78 Å². The summed E-state index contributed by atoms with van der Waals surface area (Å²) in [7, 11) is 0. The first-order valence-electron chi connectivity index (χ1n) is 7.24. The van der Waals surface area contributed by atoms with Crippen molar-refractivity contribution in [3.05, 3.63) is 82.5 Å². The molecule has 1 nitrogen and oxygen atoms in total. The summed E-state index contributed by atoms with van der Waals surface area (Å²) in [6.45, 7) is 4.00. The second-order valence-electron chi connectivity index (χ2n) is 4.28. The average Bonchev–Trinajstić information content (AvgIpc) is 2.90. The van der Waals surface area contributed by atoms with Crippen LogP contribution in [0.15, 0.2) is 82.5 Å². The Morgan fingerprint density at radius 3 is 2.76 bits per heavy atom. The average molecular weight is 345 g/mol. The molecule has 0 unspecified atom stereocenters. The van der Waals surface area contributed by atoms with Crippen LogP contribution in [0.4, 0.5) is 0 Å². The molecular weight excluding hydrogens is 324 g/mol. The van der Waals surface area contributed by atoms with E-state index in [1.54, 1.807) is 6.08 Å². The third kappa shape index (κ3) is 6.54. The summed E-state index contributed by atoms with van der Waals surface area (Å²) < 4.78 is 1.04. The van der Waals surface area contributed by atoms with Crippen LogP contribution < -0.4 is 0 Å². The third-order valence-corrected chi connectivity index (χ3v) is 3.35. The topological polar surface area (TPSA) is 17.1 Å². The minimum atomic E-state index is 0.0529.